The van der Waals surface area contributed by atoms with E-state index in [-0.39, 0.29) is 7.33 Å². The molecule has 0 unspecified atom stereocenters. The third-order valence-corrected chi connectivity index (χ3v) is 3.24. The normalized spacial score (nSPS) is 12.8. The molecule has 1 aliphatic heterocycles. The van der Waals surface area contributed by atoms with Gasteiger partial charge in [-0.15, -0.1) is 0 Å². The molecule has 0 radical (unpaired) electrons. The van der Waals surface area contributed by atoms with Gasteiger partial charge in [0.1, 0.15) is 5.75 Å². The largest absolute Gasteiger partial charge is 0.494 e. The highest BCUT2D eigenvalue weighted by molar-refractivity contribution is 5.94. The van der Waals surface area contributed by atoms with Gasteiger partial charge < -0.3 is 10.1 Å². The molecule has 114 valence electrons. The minimum absolute atomic E-state index is 0. The number of aryl methyl sites for hydroxylation is 1. The van der Waals surface area contributed by atoms with Crippen LogP contribution in [0.5, 0.6) is 5.75 Å². The zero-order valence-electron chi connectivity index (χ0n) is 13.0. The summed E-state index contributed by atoms with van der Waals surface area (Å²) in [4.78, 5) is 11.3. The molecule has 1 amide bonds. The quantitative estimate of drug-likeness (QED) is 0.759. The van der Waals surface area contributed by atoms with Crippen LogP contribution in [0.25, 0.3) is 0 Å². The van der Waals surface area contributed by atoms with Gasteiger partial charge in [0.05, 0.1) is 6.61 Å². The van der Waals surface area contributed by atoms with Gasteiger partial charge in [-0.3, -0.25) is 4.79 Å². The third kappa shape index (κ3) is 5.24. The topological polar surface area (TPSA) is 38.3 Å². The fraction of sp³-hybridized carbons (Fsp3) is 0.588. The van der Waals surface area contributed by atoms with E-state index < -0.39 is 0 Å². The van der Waals surface area contributed by atoms with E-state index in [2.05, 4.69) is 18.3 Å². The van der Waals surface area contributed by atoms with E-state index in [0.717, 1.165) is 30.9 Å². The molecule has 1 aliphatic rings. The Balaban J connectivity index is 0.00000128. The van der Waals surface area contributed by atoms with Gasteiger partial charge in [-0.05, 0) is 24.5 Å². The van der Waals surface area contributed by atoms with Gasteiger partial charge in [0.2, 0.25) is 5.91 Å². The molecule has 0 fully saturated rings. The smallest absolute Gasteiger partial charge is 0.224 e. The summed E-state index contributed by atoms with van der Waals surface area (Å²) in [5, 5.41) is 2.89. The first kappa shape index (κ1) is 16.5. The number of ether oxygens (including phenoxy) is 1. The Morgan fingerprint density at radius 3 is 2.75 bits per heavy atom. The molecule has 0 aliphatic carbocycles. The van der Waals surface area contributed by atoms with Crippen LogP contribution in [-0.2, 0) is 11.2 Å². The van der Waals surface area contributed by atoms with Crippen molar-refractivity contribution in [3.8, 4) is 5.75 Å². The zero-order chi connectivity index (χ0) is 14.8. The number of carbonyl (C=O) groups excluding carboxylic acids is 1. The summed E-state index contributed by atoms with van der Waals surface area (Å²) < 4.78 is 5.70. The van der Waals surface area contributed by atoms with E-state index in [1.54, 1.807) is 0 Å². The molecule has 0 saturated heterocycles. The molecule has 1 N–H and O–H groups in total. The SMILES string of the molecule is CC.CCCCCCOc1ccc2c(c1)NC(=O)CC2.[HH]. The molecular formula is C17H29NO2. The highest BCUT2D eigenvalue weighted by Gasteiger charge is 2.14. The first-order valence-corrected chi connectivity index (χ1v) is 7.85. The van der Waals surface area contributed by atoms with Crippen LogP contribution in [0.15, 0.2) is 18.2 Å². The lowest BCUT2D eigenvalue weighted by Gasteiger charge is -2.17. The van der Waals surface area contributed by atoms with Gasteiger partial charge in [0.15, 0.2) is 0 Å². The summed E-state index contributed by atoms with van der Waals surface area (Å²) >= 11 is 0. The summed E-state index contributed by atoms with van der Waals surface area (Å²) in [7, 11) is 0. The van der Waals surface area contributed by atoms with E-state index in [0.29, 0.717) is 6.42 Å². The van der Waals surface area contributed by atoms with E-state index in [4.69, 9.17) is 4.74 Å². The molecule has 0 saturated carbocycles. The Bertz CT molecular complexity index is 421. The monoisotopic (exact) mass is 279 g/mol. The zero-order valence-corrected chi connectivity index (χ0v) is 13.0. The predicted octanol–water partition coefficient (Wildman–Crippen LogP) is 4.80. The van der Waals surface area contributed by atoms with Crippen molar-refractivity contribution in [3.63, 3.8) is 0 Å². The Kier molecular flexibility index (Phi) is 7.78. The average molecular weight is 279 g/mol. The number of rotatable bonds is 6. The number of benzene rings is 1. The van der Waals surface area contributed by atoms with Crippen LogP contribution in [-0.4, -0.2) is 12.5 Å². The summed E-state index contributed by atoms with van der Waals surface area (Å²) in [5.41, 5.74) is 2.12. The highest BCUT2D eigenvalue weighted by Crippen LogP contribution is 2.27. The molecule has 20 heavy (non-hydrogen) atoms. The number of amides is 1. The molecule has 0 aromatic heterocycles. The molecule has 1 aromatic carbocycles. The molecule has 1 aromatic rings. The van der Waals surface area contributed by atoms with E-state index in [1.807, 2.05) is 26.0 Å². The minimum Gasteiger partial charge on any atom is -0.494 e. The first-order valence-electron chi connectivity index (χ1n) is 7.85. The lowest BCUT2D eigenvalue weighted by atomic mass is 10.0. The van der Waals surface area contributed by atoms with Crippen molar-refractivity contribution in [3.05, 3.63) is 23.8 Å². The van der Waals surface area contributed by atoms with Crippen LogP contribution < -0.4 is 10.1 Å². The maximum absolute atomic E-state index is 11.3. The second kappa shape index (κ2) is 9.40. The number of hydrogen-bond acceptors (Lipinski definition) is 2. The van der Waals surface area contributed by atoms with Gasteiger partial charge in [-0.1, -0.05) is 46.1 Å². The Morgan fingerprint density at radius 1 is 1.20 bits per heavy atom. The number of nitrogens with one attached hydrogen (secondary N) is 1. The van der Waals surface area contributed by atoms with Crippen molar-refractivity contribution in [1.29, 1.82) is 0 Å². The molecule has 0 atom stereocenters. The number of hydrogen-bond donors (Lipinski definition) is 1. The van der Waals surface area contributed by atoms with Gasteiger partial charge in [-0.25, -0.2) is 0 Å². The first-order chi connectivity index (χ1) is 9.79. The summed E-state index contributed by atoms with van der Waals surface area (Å²) in [6, 6.07) is 5.98. The fourth-order valence-corrected chi connectivity index (χ4v) is 2.16. The van der Waals surface area contributed by atoms with Crippen LogP contribution in [0, 0.1) is 0 Å². The van der Waals surface area contributed by atoms with Crippen molar-refractivity contribution in [1.82, 2.24) is 0 Å². The van der Waals surface area contributed by atoms with E-state index in [1.165, 1.54) is 24.8 Å². The summed E-state index contributed by atoms with van der Waals surface area (Å²) in [6.07, 6.45) is 6.24. The second-order valence-electron chi connectivity index (χ2n) is 4.78. The molecule has 3 heteroatoms. The van der Waals surface area contributed by atoms with Crippen LogP contribution in [0.1, 0.15) is 59.9 Å². The maximum atomic E-state index is 11.3. The lowest BCUT2D eigenvalue weighted by molar-refractivity contribution is -0.116. The number of fused-ring (bicyclic) bond motifs is 1. The minimum atomic E-state index is 0. The fourth-order valence-electron chi connectivity index (χ4n) is 2.16. The van der Waals surface area contributed by atoms with Crippen LogP contribution in [0.3, 0.4) is 0 Å². The van der Waals surface area contributed by atoms with Crippen LogP contribution >= 0.6 is 0 Å². The standard InChI is InChI=1S/C15H21NO2.C2H6.H2/c1-2-3-4-5-10-18-13-8-6-12-7-9-15(17)16-14(12)11-13;1-2;/h6,8,11H,2-5,7,9-10H2,1H3,(H,16,17);1-2H3;1H. The van der Waals surface area contributed by atoms with Gasteiger partial charge in [0, 0.05) is 19.6 Å². The Morgan fingerprint density at radius 2 is 2.00 bits per heavy atom. The highest BCUT2D eigenvalue weighted by atomic mass is 16.5. The average Bonchev–Trinajstić information content (AvgIpc) is 2.48. The lowest BCUT2D eigenvalue weighted by Crippen LogP contribution is -2.18. The number of carbonyl (C=O) groups is 1. The number of unbranched alkanes of at least 4 members (excludes halogenated alkanes) is 3. The molecule has 0 bridgehead atoms. The van der Waals surface area contributed by atoms with Crippen molar-refractivity contribution in [2.45, 2.75) is 59.3 Å². The maximum Gasteiger partial charge on any atom is 0.224 e. The van der Waals surface area contributed by atoms with Crippen LogP contribution in [0.2, 0.25) is 0 Å². The van der Waals surface area contributed by atoms with Gasteiger partial charge in [0.25, 0.3) is 0 Å². The van der Waals surface area contributed by atoms with E-state index in [9.17, 15) is 4.79 Å². The summed E-state index contributed by atoms with van der Waals surface area (Å²) in [5.74, 6) is 0.954. The van der Waals surface area contributed by atoms with Gasteiger partial charge >= 0.3 is 0 Å². The predicted molar refractivity (Wildman–Crippen MR) is 86.5 cm³/mol. The molecule has 3 nitrogen and oxygen atoms in total. The Labute approximate surface area is 124 Å². The van der Waals surface area contributed by atoms with Crippen molar-refractivity contribution < 1.29 is 11.0 Å². The number of anilines is 1. The van der Waals surface area contributed by atoms with Crippen molar-refractivity contribution in [2.24, 2.45) is 0 Å². The molecule has 0 spiro atoms. The Hall–Kier alpha value is -1.51. The molecular weight excluding hydrogens is 250 g/mol. The molecule has 2 rings (SSSR count). The second-order valence-corrected chi connectivity index (χ2v) is 4.78. The van der Waals surface area contributed by atoms with Crippen molar-refractivity contribution in [2.75, 3.05) is 11.9 Å². The van der Waals surface area contributed by atoms with Crippen LogP contribution in [0.4, 0.5) is 5.69 Å². The van der Waals surface area contributed by atoms with Crippen molar-refractivity contribution >= 4 is 11.6 Å². The molecule has 1 heterocycles. The third-order valence-electron chi connectivity index (χ3n) is 3.24. The van der Waals surface area contributed by atoms with Gasteiger partial charge in [-0.2, -0.15) is 0 Å². The van der Waals surface area contributed by atoms with E-state index >= 15 is 0 Å². The summed E-state index contributed by atoms with van der Waals surface area (Å²) in [6.45, 7) is 6.96.